The van der Waals surface area contributed by atoms with Crippen LogP contribution >= 0.6 is 0 Å². The molecule has 1 aliphatic carbocycles. The lowest BCUT2D eigenvalue weighted by Gasteiger charge is -2.21. The van der Waals surface area contributed by atoms with Crippen molar-refractivity contribution in [2.24, 2.45) is 11.8 Å². The van der Waals surface area contributed by atoms with E-state index in [1.807, 2.05) is 6.92 Å². The Morgan fingerprint density at radius 1 is 1.14 bits per heavy atom. The van der Waals surface area contributed by atoms with Crippen LogP contribution in [0, 0.1) is 12.8 Å². The van der Waals surface area contributed by atoms with Gasteiger partial charge in [-0.05, 0) is 19.3 Å². The summed E-state index contributed by atoms with van der Waals surface area (Å²) in [6, 6.07) is 0. The first-order chi connectivity index (χ1) is 9.91. The van der Waals surface area contributed by atoms with Crippen LogP contribution in [0.3, 0.4) is 0 Å². The number of nitrogen functional groups attached to an aromatic ring is 1. The van der Waals surface area contributed by atoms with Crippen LogP contribution in [-0.4, -0.2) is 16.5 Å². The molecule has 2 rings (SSSR count). The van der Waals surface area contributed by atoms with Gasteiger partial charge in [-0.3, -0.25) is 0 Å². The third-order valence-corrected chi connectivity index (χ3v) is 4.27. The zero-order valence-corrected chi connectivity index (χ0v) is 13.8. The minimum absolute atomic E-state index is 0.0960. The van der Waals surface area contributed by atoms with Crippen molar-refractivity contribution in [2.45, 2.75) is 65.2 Å². The van der Waals surface area contributed by atoms with Gasteiger partial charge in [-0.2, -0.15) is 0 Å². The molecule has 1 aromatic heterocycles. The van der Waals surface area contributed by atoms with Gasteiger partial charge in [0, 0.05) is 17.5 Å². The molecule has 4 N–H and O–H groups in total. The van der Waals surface area contributed by atoms with E-state index in [1.165, 1.54) is 32.1 Å². The molecule has 0 amide bonds. The second kappa shape index (κ2) is 6.60. The summed E-state index contributed by atoms with van der Waals surface area (Å²) in [7, 11) is 0. The molecule has 0 aliphatic heterocycles. The fraction of sp³-hybridized carbons (Fsp3) is 0.750. The molecule has 5 heteroatoms. The van der Waals surface area contributed by atoms with Crippen molar-refractivity contribution in [3.8, 4) is 0 Å². The number of anilines is 2. The average molecular weight is 291 g/mol. The number of rotatable bonds is 5. The zero-order valence-electron chi connectivity index (χ0n) is 13.8. The normalized spacial score (nSPS) is 16.2. The van der Waals surface area contributed by atoms with Gasteiger partial charge in [0.05, 0.1) is 0 Å². The fourth-order valence-corrected chi connectivity index (χ4v) is 2.86. The zero-order chi connectivity index (χ0) is 15.5. The van der Waals surface area contributed by atoms with Gasteiger partial charge in [-0.25, -0.2) is 15.8 Å². The lowest BCUT2D eigenvalue weighted by molar-refractivity contribution is 0.517. The average Bonchev–Trinajstić information content (AvgIpc) is 2.92. The molecular formula is C16H29N5. The molecule has 118 valence electrons. The highest BCUT2D eigenvalue weighted by molar-refractivity contribution is 5.57. The van der Waals surface area contributed by atoms with Crippen LogP contribution < -0.4 is 16.6 Å². The summed E-state index contributed by atoms with van der Waals surface area (Å²) in [6.07, 6.45) is 6.78. The lowest BCUT2D eigenvalue weighted by Crippen LogP contribution is -2.21. The number of nitrogens with zero attached hydrogens (tertiary/aromatic N) is 2. The van der Waals surface area contributed by atoms with Crippen molar-refractivity contribution in [3.05, 3.63) is 11.4 Å². The number of nitrogens with one attached hydrogen (secondary N) is 2. The molecular weight excluding hydrogens is 262 g/mol. The Hall–Kier alpha value is -1.36. The molecule has 0 unspecified atom stereocenters. The van der Waals surface area contributed by atoms with E-state index in [0.29, 0.717) is 5.82 Å². The van der Waals surface area contributed by atoms with Crippen molar-refractivity contribution in [3.63, 3.8) is 0 Å². The second-order valence-electron chi connectivity index (χ2n) is 7.13. The Balaban J connectivity index is 2.09. The van der Waals surface area contributed by atoms with Crippen molar-refractivity contribution < 1.29 is 0 Å². The maximum Gasteiger partial charge on any atom is 0.148 e. The largest absolute Gasteiger partial charge is 0.370 e. The van der Waals surface area contributed by atoms with E-state index in [2.05, 4.69) is 36.5 Å². The highest BCUT2D eigenvalue weighted by Gasteiger charge is 2.21. The summed E-state index contributed by atoms with van der Waals surface area (Å²) in [6.45, 7) is 9.30. The lowest BCUT2D eigenvalue weighted by atomic mass is 9.95. The summed E-state index contributed by atoms with van der Waals surface area (Å²) in [5.74, 6) is 8.90. The maximum absolute atomic E-state index is 5.59. The van der Waals surface area contributed by atoms with E-state index in [4.69, 9.17) is 10.8 Å². The quantitative estimate of drug-likeness (QED) is 0.573. The van der Waals surface area contributed by atoms with Gasteiger partial charge in [0.15, 0.2) is 0 Å². The molecule has 0 atom stereocenters. The predicted octanol–water partition coefficient (Wildman–Crippen LogP) is 3.36. The molecule has 1 fully saturated rings. The molecule has 5 nitrogen and oxygen atoms in total. The third-order valence-electron chi connectivity index (χ3n) is 4.27. The van der Waals surface area contributed by atoms with Gasteiger partial charge >= 0.3 is 0 Å². The Bertz CT molecular complexity index is 472. The number of hydrogen-bond acceptors (Lipinski definition) is 5. The molecule has 1 aliphatic rings. The number of hydrogen-bond donors (Lipinski definition) is 3. The van der Waals surface area contributed by atoms with Crippen LogP contribution in [0.5, 0.6) is 0 Å². The summed E-state index contributed by atoms with van der Waals surface area (Å²) >= 11 is 0. The topological polar surface area (TPSA) is 75.9 Å². The van der Waals surface area contributed by atoms with E-state index in [9.17, 15) is 0 Å². The Morgan fingerprint density at radius 2 is 1.76 bits per heavy atom. The number of aromatic nitrogens is 2. The van der Waals surface area contributed by atoms with Crippen molar-refractivity contribution >= 4 is 11.6 Å². The number of nitrogens with two attached hydrogens (primary N) is 1. The van der Waals surface area contributed by atoms with E-state index < -0.39 is 0 Å². The van der Waals surface area contributed by atoms with Crippen molar-refractivity contribution in [1.29, 1.82) is 0 Å². The summed E-state index contributed by atoms with van der Waals surface area (Å²) < 4.78 is 0. The minimum atomic E-state index is -0.0960. The maximum atomic E-state index is 5.59. The summed E-state index contributed by atoms with van der Waals surface area (Å²) in [5.41, 5.74) is 3.58. The van der Waals surface area contributed by atoms with E-state index >= 15 is 0 Å². The van der Waals surface area contributed by atoms with Crippen LogP contribution in [0.25, 0.3) is 0 Å². The minimum Gasteiger partial charge on any atom is -0.370 e. The van der Waals surface area contributed by atoms with Crippen molar-refractivity contribution in [2.75, 3.05) is 17.3 Å². The molecule has 21 heavy (non-hydrogen) atoms. The smallest absolute Gasteiger partial charge is 0.148 e. The summed E-state index contributed by atoms with van der Waals surface area (Å²) in [4.78, 5) is 9.22. The third kappa shape index (κ3) is 4.06. The van der Waals surface area contributed by atoms with Crippen LogP contribution in [0.1, 0.15) is 64.3 Å². The molecule has 1 aromatic rings. The fourth-order valence-electron chi connectivity index (χ4n) is 2.86. The van der Waals surface area contributed by atoms with Gasteiger partial charge < -0.3 is 10.7 Å². The molecule has 0 spiro atoms. The number of hydrazine groups is 1. The first-order valence-electron chi connectivity index (χ1n) is 8.01. The van der Waals surface area contributed by atoms with Gasteiger partial charge in [-0.15, -0.1) is 0 Å². The van der Waals surface area contributed by atoms with Crippen molar-refractivity contribution in [1.82, 2.24) is 9.97 Å². The standard InChI is InChI=1S/C16H29N5/c1-11-13(18-10-9-12-7-5-6-8-12)19-15(16(2,3)4)20-14(11)21-17/h12H,5-10,17H2,1-4H3,(H2,18,19,20,21). The first kappa shape index (κ1) is 16.0. The second-order valence-corrected chi connectivity index (χ2v) is 7.13. The predicted molar refractivity (Wildman–Crippen MR) is 88.3 cm³/mol. The van der Waals surface area contributed by atoms with Gasteiger partial charge in [0.25, 0.3) is 0 Å². The molecule has 0 saturated heterocycles. The molecule has 0 aromatic carbocycles. The van der Waals surface area contributed by atoms with E-state index in [0.717, 1.165) is 29.7 Å². The molecule has 0 bridgehead atoms. The summed E-state index contributed by atoms with van der Waals surface area (Å²) in [5, 5.41) is 3.48. The highest BCUT2D eigenvalue weighted by atomic mass is 15.3. The molecule has 1 saturated carbocycles. The molecule has 0 radical (unpaired) electrons. The Morgan fingerprint density at radius 3 is 2.33 bits per heavy atom. The van der Waals surface area contributed by atoms with Gasteiger partial charge in [0.2, 0.25) is 0 Å². The SMILES string of the molecule is Cc1c(NN)nc(C(C)(C)C)nc1NCCC1CCCC1. The monoisotopic (exact) mass is 291 g/mol. The van der Waals surface area contributed by atoms with Crippen LogP contribution in [-0.2, 0) is 5.41 Å². The van der Waals surface area contributed by atoms with Crippen LogP contribution in [0.4, 0.5) is 11.6 Å². The van der Waals surface area contributed by atoms with Gasteiger partial charge in [-0.1, -0.05) is 46.5 Å². The van der Waals surface area contributed by atoms with E-state index in [1.54, 1.807) is 0 Å². The van der Waals surface area contributed by atoms with Crippen LogP contribution in [0.15, 0.2) is 0 Å². The first-order valence-corrected chi connectivity index (χ1v) is 8.01. The molecule has 1 heterocycles. The van der Waals surface area contributed by atoms with Gasteiger partial charge in [0.1, 0.15) is 17.5 Å². The highest BCUT2D eigenvalue weighted by Crippen LogP contribution is 2.28. The van der Waals surface area contributed by atoms with E-state index in [-0.39, 0.29) is 5.41 Å². The Kier molecular flexibility index (Phi) is 5.04. The Labute approximate surface area is 128 Å². The van der Waals surface area contributed by atoms with Crippen LogP contribution in [0.2, 0.25) is 0 Å².